The van der Waals surface area contributed by atoms with Gasteiger partial charge in [0.2, 0.25) is 0 Å². The zero-order valence-corrected chi connectivity index (χ0v) is 25.8. The van der Waals surface area contributed by atoms with Gasteiger partial charge in [0.15, 0.2) is 5.76 Å². The van der Waals surface area contributed by atoms with Gasteiger partial charge < -0.3 is 39.7 Å². The summed E-state index contributed by atoms with van der Waals surface area (Å²) >= 11 is 6.12. The summed E-state index contributed by atoms with van der Waals surface area (Å²) in [4.78, 5) is 43.0. The van der Waals surface area contributed by atoms with E-state index in [9.17, 15) is 14.4 Å². The van der Waals surface area contributed by atoms with Crippen molar-refractivity contribution >= 4 is 46.6 Å². The highest BCUT2D eigenvalue weighted by Crippen LogP contribution is 2.28. The Hall–Kier alpha value is -4.29. The minimum atomic E-state index is -0.514. The fourth-order valence-electron chi connectivity index (χ4n) is 4.83. The SMILES string of the molecule is CO[C@@H]1CN(C)C(=O)c2ccc(NC(=O)Nc3c(C)noc3C)cc2OC[C@@H](C)N(C(=O)Nc2cccc(Cl)c2)C[C@H]1C. The number of aromatic nitrogens is 1. The van der Waals surface area contributed by atoms with Crippen LogP contribution in [-0.2, 0) is 4.74 Å². The molecule has 3 atom stereocenters. The average molecular weight is 613 g/mol. The first-order chi connectivity index (χ1) is 20.5. The van der Waals surface area contributed by atoms with E-state index in [2.05, 4.69) is 21.1 Å². The number of benzene rings is 2. The number of anilines is 3. The van der Waals surface area contributed by atoms with E-state index in [1.165, 1.54) is 0 Å². The van der Waals surface area contributed by atoms with Crippen LogP contribution in [0, 0.1) is 19.8 Å². The molecule has 3 N–H and O–H groups in total. The van der Waals surface area contributed by atoms with E-state index in [1.807, 2.05) is 13.8 Å². The predicted molar refractivity (Wildman–Crippen MR) is 164 cm³/mol. The molecule has 0 saturated carbocycles. The number of aryl methyl sites for hydroxylation is 2. The first-order valence-electron chi connectivity index (χ1n) is 13.9. The van der Waals surface area contributed by atoms with Crippen molar-refractivity contribution < 1.29 is 28.4 Å². The van der Waals surface area contributed by atoms with Crippen LogP contribution in [0.2, 0.25) is 5.02 Å². The minimum absolute atomic E-state index is 0.0755. The molecule has 12 nitrogen and oxygen atoms in total. The first kappa shape index (κ1) is 31.6. The van der Waals surface area contributed by atoms with Crippen molar-refractivity contribution in [2.45, 2.75) is 39.8 Å². The molecule has 3 aromatic rings. The highest BCUT2D eigenvalue weighted by Gasteiger charge is 2.30. The third-order valence-corrected chi connectivity index (χ3v) is 7.55. The molecule has 1 aliphatic rings. The second-order valence-electron chi connectivity index (χ2n) is 10.7. The van der Waals surface area contributed by atoms with Gasteiger partial charge in [0.05, 0.1) is 17.7 Å². The Morgan fingerprint density at radius 3 is 2.47 bits per heavy atom. The molecule has 43 heavy (non-hydrogen) atoms. The normalized spacial score (nSPS) is 19.4. The van der Waals surface area contributed by atoms with E-state index in [4.69, 9.17) is 25.6 Å². The van der Waals surface area contributed by atoms with Crippen molar-refractivity contribution in [3.63, 3.8) is 0 Å². The maximum Gasteiger partial charge on any atom is 0.323 e. The van der Waals surface area contributed by atoms with E-state index < -0.39 is 12.1 Å². The van der Waals surface area contributed by atoms with Gasteiger partial charge in [0.25, 0.3) is 5.91 Å². The Morgan fingerprint density at radius 2 is 1.79 bits per heavy atom. The number of methoxy groups -OCH3 is 1. The zero-order chi connectivity index (χ0) is 31.3. The highest BCUT2D eigenvalue weighted by atomic mass is 35.5. The van der Waals surface area contributed by atoms with Gasteiger partial charge in [-0.1, -0.05) is 29.7 Å². The van der Waals surface area contributed by atoms with Crippen molar-refractivity contribution in [3.8, 4) is 5.75 Å². The number of fused-ring (bicyclic) bond motifs is 1. The summed E-state index contributed by atoms with van der Waals surface area (Å²) in [6.07, 6.45) is -0.347. The summed E-state index contributed by atoms with van der Waals surface area (Å²) in [6.45, 7) is 7.96. The monoisotopic (exact) mass is 612 g/mol. The molecule has 1 aromatic heterocycles. The standard InChI is InChI=1S/C30H37ClN6O6/c1-17-14-37(30(40)33-22-9-7-8-21(31)12-22)18(2)16-42-25-13-23(32-29(39)34-27-19(3)35-43-20(27)4)10-11-24(25)28(38)36(5)15-26(17)41-6/h7-13,17-18,26H,14-16H2,1-6H3,(H,33,40)(H2,32,34,39)/t17-,18-,26-/m1/s1. The highest BCUT2D eigenvalue weighted by molar-refractivity contribution is 6.30. The number of carbonyl (C=O) groups is 3. The van der Waals surface area contributed by atoms with Crippen LogP contribution in [0.3, 0.4) is 0 Å². The van der Waals surface area contributed by atoms with Crippen molar-refractivity contribution in [1.82, 2.24) is 15.0 Å². The number of nitrogens with zero attached hydrogens (tertiary/aromatic N) is 3. The number of ether oxygens (including phenoxy) is 2. The summed E-state index contributed by atoms with van der Waals surface area (Å²) in [5, 5.41) is 12.7. The van der Waals surface area contributed by atoms with Crippen molar-refractivity contribution in [1.29, 1.82) is 0 Å². The van der Waals surface area contributed by atoms with Crippen molar-refractivity contribution in [2.24, 2.45) is 5.92 Å². The van der Waals surface area contributed by atoms with E-state index >= 15 is 0 Å². The Balaban J connectivity index is 1.60. The molecule has 4 rings (SSSR count). The lowest BCUT2D eigenvalue weighted by molar-refractivity contribution is 0.0174. The van der Waals surface area contributed by atoms with E-state index in [0.717, 1.165) is 0 Å². The molecule has 5 amide bonds. The second-order valence-corrected chi connectivity index (χ2v) is 11.1. The lowest BCUT2D eigenvalue weighted by Gasteiger charge is -2.36. The number of nitrogens with one attached hydrogen (secondary N) is 3. The van der Waals surface area contributed by atoms with Gasteiger partial charge in [0.1, 0.15) is 23.7 Å². The lowest BCUT2D eigenvalue weighted by atomic mass is 10.0. The Morgan fingerprint density at radius 1 is 1.05 bits per heavy atom. The minimum Gasteiger partial charge on any atom is -0.491 e. The molecule has 2 heterocycles. The van der Waals surface area contributed by atoms with E-state index in [-0.39, 0.29) is 42.9 Å². The fourth-order valence-corrected chi connectivity index (χ4v) is 5.02. The number of halogens is 1. The maximum absolute atomic E-state index is 13.5. The molecule has 0 saturated heterocycles. The summed E-state index contributed by atoms with van der Waals surface area (Å²) in [6, 6.07) is 10.5. The largest absolute Gasteiger partial charge is 0.491 e. The van der Waals surface area contributed by atoms with Gasteiger partial charge in [0, 0.05) is 55.6 Å². The smallest absolute Gasteiger partial charge is 0.323 e. The second kappa shape index (κ2) is 13.8. The molecule has 0 aliphatic carbocycles. The topological polar surface area (TPSA) is 138 Å². The third-order valence-electron chi connectivity index (χ3n) is 7.31. The average Bonchev–Trinajstić information content (AvgIpc) is 3.28. The predicted octanol–water partition coefficient (Wildman–Crippen LogP) is 5.63. The van der Waals surface area contributed by atoms with E-state index in [1.54, 1.807) is 80.3 Å². The van der Waals surface area contributed by atoms with Crippen molar-refractivity contribution in [2.75, 3.05) is 49.8 Å². The number of amides is 5. The molecule has 0 spiro atoms. The Kier molecular flexibility index (Phi) is 10.1. The van der Waals surface area contributed by atoms with Gasteiger partial charge >= 0.3 is 12.1 Å². The molecule has 2 aromatic carbocycles. The molecular weight excluding hydrogens is 576 g/mol. The van der Waals surface area contributed by atoms with Crippen LogP contribution < -0.4 is 20.7 Å². The van der Waals surface area contributed by atoms with Gasteiger partial charge in [-0.25, -0.2) is 9.59 Å². The summed E-state index contributed by atoms with van der Waals surface area (Å²) < 4.78 is 17.0. The number of likely N-dealkylation sites (N-methyl/N-ethyl adjacent to an activating group) is 1. The van der Waals surface area contributed by atoms with Crippen LogP contribution in [0.5, 0.6) is 5.75 Å². The number of urea groups is 2. The third kappa shape index (κ3) is 7.76. The first-order valence-corrected chi connectivity index (χ1v) is 14.2. The number of hydrogen-bond donors (Lipinski definition) is 3. The Bertz CT molecular complexity index is 1460. The van der Waals surface area contributed by atoms with Crippen LogP contribution in [0.15, 0.2) is 47.0 Å². The summed E-state index contributed by atoms with van der Waals surface area (Å²) in [7, 11) is 3.28. The van der Waals surface area contributed by atoms with Crippen LogP contribution in [0.4, 0.5) is 26.7 Å². The number of carbonyl (C=O) groups excluding carboxylic acids is 3. The summed E-state index contributed by atoms with van der Waals surface area (Å²) in [5.41, 5.74) is 2.29. The lowest BCUT2D eigenvalue weighted by Crippen LogP contribution is -2.50. The molecule has 0 bridgehead atoms. The van der Waals surface area contributed by atoms with Gasteiger partial charge in [-0.15, -0.1) is 0 Å². The van der Waals surface area contributed by atoms with Gasteiger partial charge in [-0.2, -0.15) is 0 Å². The molecular formula is C30H37ClN6O6. The fraction of sp³-hybridized carbons (Fsp3) is 0.400. The number of hydrogen-bond acceptors (Lipinski definition) is 7. The maximum atomic E-state index is 13.5. The van der Waals surface area contributed by atoms with Gasteiger partial charge in [-0.05, 0) is 51.1 Å². The van der Waals surface area contributed by atoms with E-state index in [0.29, 0.717) is 45.6 Å². The quantitative estimate of drug-likeness (QED) is 0.347. The molecule has 1 aliphatic heterocycles. The Labute approximate surface area is 255 Å². The molecule has 0 unspecified atom stereocenters. The molecule has 0 fully saturated rings. The van der Waals surface area contributed by atoms with Crippen LogP contribution in [-0.4, -0.2) is 78.9 Å². The molecule has 0 radical (unpaired) electrons. The van der Waals surface area contributed by atoms with Gasteiger partial charge in [-0.3, -0.25) is 4.79 Å². The molecule has 13 heteroatoms. The van der Waals surface area contributed by atoms with Crippen LogP contribution in [0.1, 0.15) is 35.7 Å². The van der Waals surface area contributed by atoms with Crippen LogP contribution >= 0.6 is 11.6 Å². The zero-order valence-electron chi connectivity index (χ0n) is 25.1. The van der Waals surface area contributed by atoms with Crippen LogP contribution in [0.25, 0.3) is 0 Å². The molecule has 230 valence electrons. The van der Waals surface area contributed by atoms with Crippen molar-refractivity contribution in [3.05, 3.63) is 64.5 Å². The summed E-state index contributed by atoms with van der Waals surface area (Å²) in [5.74, 6) is 0.356. The number of rotatable bonds is 4.